The summed E-state index contributed by atoms with van der Waals surface area (Å²) in [6, 6.07) is 6.25. The van der Waals surface area contributed by atoms with E-state index in [1.165, 1.54) is 11.1 Å². The number of halogens is 1. The van der Waals surface area contributed by atoms with Crippen molar-refractivity contribution in [1.82, 2.24) is 0 Å². The Kier molecular flexibility index (Phi) is 3.47. The van der Waals surface area contributed by atoms with Crippen LogP contribution in [0.15, 0.2) is 18.2 Å². The molecule has 0 spiro atoms. The quantitative estimate of drug-likeness (QED) is 0.796. The van der Waals surface area contributed by atoms with Crippen LogP contribution in [-0.2, 0) is 0 Å². The van der Waals surface area contributed by atoms with E-state index in [1.807, 2.05) is 6.07 Å². The first-order valence-corrected chi connectivity index (χ1v) is 6.14. The average molecular weight is 221 g/mol. The number of rotatable bonds is 2. The molecule has 1 saturated carbocycles. The lowest BCUT2D eigenvalue weighted by Crippen LogP contribution is -2.33. The van der Waals surface area contributed by atoms with Gasteiger partial charge in [-0.15, -0.1) is 0 Å². The van der Waals surface area contributed by atoms with E-state index in [4.69, 9.17) is 0 Å². The molecule has 0 radical (unpaired) electrons. The van der Waals surface area contributed by atoms with Gasteiger partial charge in [-0.2, -0.15) is 0 Å². The molecule has 1 nitrogen and oxygen atoms in total. The minimum atomic E-state index is -0.685. The Morgan fingerprint density at radius 3 is 2.56 bits per heavy atom. The van der Waals surface area contributed by atoms with Gasteiger partial charge in [0.15, 0.2) is 0 Å². The molecule has 1 fully saturated rings. The van der Waals surface area contributed by atoms with E-state index >= 15 is 0 Å². The molecular formula is C14H20FN. The number of nitrogens with one attached hydrogen (secondary N) is 1. The van der Waals surface area contributed by atoms with Crippen molar-refractivity contribution in [2.45, 2.75) is 51.7 Å². The van der Waals surface area contributed by atoms with Crippen molar-refractivity contribution < 1.29 is 4.39 Å². The maximum atomic E-state index is 13.7. The highest BCUT2D eigenvalue weighted by Crippen LogP contribution is 2.25. The van der Waals surface area contributed by atoms with Crippen molar-refractivity contribution in [3.8, 4) is 0 Å². The van der Waals surface area contributed by atoms with Crippen LogP contribution in [0.3, 0.4) is 0 Å². The molecular weight excluding hydrogens is 201 g/mol. The van der Waals surface area contributed by atoms with Crippen LogP contribution in [0.2, 0.25) is 0 Å². The van der Waals surface area contributed by atoms with Gasteiger partial charge in [0.2, 0.25) is 0 Å². The van der Waals surface area contributed by atoms with Gasteiger partial charge in [-0.1, -0.05) is 18.9 Å². The fraction of sp³-hybridized carbons (Fsp3) is 0.571. The van der Waals surface area contributed by atoms with Gasteiger partial charge in [0, 0.05) is 5.69 Å². The third kappa shape index (κ3) is 2.55. The van der Waals surface area contributed by atoms with E-state index in [0.717, 1.165) is 24.9 Å². The lowest BCUT2D eigenvalue weighted by atomic mass is 9.93. The molecule has 1 aliphatic rings. The van der Waals surface area contributed by atoms with E-state index in [0.29, 0.717) is 6.42 Å². The monoisotopic (exact) mass is 221 g/mol. The molecule has 2 heteroatoms. The van der Waals surface area contributed by atoms with Crippen molar-refractivity contribution in [1.29, 1.82) is 0 Å². The molecule has 88 valence electrons. The first-order valence-electron chi connectivity index (χ1n) is 6.14. The highest BCUT2D eigenvalue weighted by Gasteiger charge is 2.24. The molecule has 0 aromatic heterocycles. The van der Waals surface area contributed by atoms with Crippen LogP contribution in [0, 0.1) is 13.8 Å². The third-order valence-electron chi connectivity index (χ3n) is 3.54. The summed E-state index contributed by atoms with van der Waals surface area (Å²) in [6.45, 7) is 4.19. The van der Waals surface area contributed by atoms with Crippen molar-refractivity contribution in [2.75, 3.05) is 5.32 Å². The first kappa shape index (κ1) is 11.4. The van der Waals surface area contributed by atoms with Crippen LogP contribution in [0.5, 0.6) is 0 Å². The topological polar surface area (TPSA) is 12.0 Å². The molecule has 0 aliphatic heterocycles. The molecule has 0 saturated heterocycles. The Morgan fingerprint density at radius 2 is 1.88 bits per heavy atom. The minimum Gasteiger partial charge on any atom is -0.379 e. The second-order valence-corrected chi connectivity index (χ2v) is 4.85. The summed E-state index contributed by atoms with van der Waals surface area (Å²) in [5.41, 5.74) is 3.60. The molecule has 0 amide bonds. The molecule has 16 heavy (non-hydrogen) atoms. The van der Waals surface area contributed by atoms with Gasteiger partial charge in [-0.25, -0.2) is 4.39 Å². The van der Waals surface area contributed by atoms with E-state index in [1.54, 1.807) is 0 Å². The molecule has 0 bridgehead atoms. The Balaban J connectivity index is 2.05. The van der Waals surface area contributed by atoms with Crippen molar-refractivity contribution >= 4 is 5.69 Å². The maximum absolute atomic E-state index is 13.7. The molecule has 1 aliphatic carbocycles. The zero-order chi connectivity index (χ0) is 11.5. The van der Waals surface area contributed by atoms with Gasteiger partial charge >= 0.3 is 0 Å². The molecule has 2 atom stereocenters. The van der Waals surface area contributed by atoms with Crippen LogP contribution >= 0.6 is 0 Å². The highest BCUT2D eigenvalue weighted by molar-refractivity contribution is 5.49. The normalized spacial score (nSPS) is 25.4. The summed E-state index contributed by atoms with van der Waals surface area (Å²) in [5, 5.41) is 3.32. The summed E-state index contributed by atoms with van der Waals surface area (Å²) in [6.07, 6.45) is 3.15. The fourth-order valence-corrected chi connectivity index (χ4v) is 2.29. The number of hydrogen-bond acceptors (Lipinski definition) is 1. The molecule has 1 aromatic rings. The summed E-state index contributed by atoms with van der Waals surface area (Å²) in [5.74, 6) is 0. The lowest BCUT2D eigenvalue weighted by molar-refractivity contribution is 0.230. The van der Waals surface area contributed by atoms with Gasteiger partial charge in [0.1, 0.15) is 6.17 Å². The van der Waals surface area contributed by atoms with E-state index in [9.17, 15) is 4.39 Å². The molecule has 0 unspecified atom stereocenters. The highest BCUT2D eigenvalue weighted by atomic mass is 19.1. The van der Waals surface area contributed by atoms with Crippen LogP contribution in [0.4, 0.5) is 10.1 Å². The van der Waals surface area contributed by atoms with E-state index in [2.05, 4.69) is 31.3 Å². The number of alkyl halides is 1. The largest absolute Gasteiger partial charge is 0.379 e. The van der Waals surface area contributed by atoms with Crippen LogP contribution in [-0.4, -0.2) is 12.2 Å². The maximum Gasteiger partial charge on any atom is 0.120 e. The average Bonchev–Trinajstić information content (AvgIpc) is 2.27. The number of anilines is 1. The predicted molar refractivity (Wildman–Crippen MR) is 66.7 cm³/mol. The van der Waals surface area contributed by atoms with Gasteiger partial charge in [-0.3, -0.25) is 0 Å². The van der Waals surface area contributed by atoms with Gasteiger partial charge < -0.3 is 5.32 Å². The summed E-state index contributed by atoms with van der Waals surface area (Å²) in [7, 11) is 0. The second kappa shape index (κ2) is 4.86. The standard InChI is InChI=1S/C14H20FN/c1-10-7-8-12(9-11(10)2)16-14-6-4-3-5-13(14)15/h7-9,13-14,16H,3-6H2,1-2H3/t13-,14-/m1/s1. The third-order valence-corrected chi connectivity index (χ3v) is 3.54. The SMILES string of the molecule is Cc1ccc(N[C@@H]2CCCC[C@H]2F)cc1C. The summed E-state index contributed by atoms with van der Waals surface area (Å²) in [4.78, 5) is 0. The smallest absolute Gasteiger partial charge is 0.120 e. The fourth-order valence-electron chi connectivity index (χ4n) is 2.29. The second-order valence-electron chi connectivity index (χ2n) is 4.85. The zero-order valence-electron chi connectivity index (χ0n) is 10.1. The Bertz CT molecular complexity index is 362. The summed E-state index contributed by atoms with van der Waals surface area (Å²) < 4.78 is 13.7. The van der Waals surface area contributed by atoms with Gasteiger partial charge in [-0.05, 0) is 49.9 Å². The van der Waals surface area contributed by atoms with Crippen LogP contribution in [0.1, 0.15) is 36.8 Å². The minimum absolute atomic E-state index is 0.0101. The van der Waals surface area contributed by atoms with E-state index in [-0.39, 0.29) is 6.04 Å². The van der Waals surface area contributed by atoms with Crippen molar-refractivity contribution in [2.24, 2.45) is 0 Å². The zero-order valence-corrected chi connectivity index (χ0v) is 10.1. The molecule has 1 N–H and O–H groups in total. The predicted octanol–water partition coefficient (Wildman–Crippen LogP) is 4.00. The molecule has 0 heterocycles. The Labute approximate surface area is 97.1 Å². The van der Waals surface area contributed by atoms with Crippen LogP contribution in [0.25, 0.3) is 0 Å². The van der Waals surface area contributed by atoms with Crippen molar-refractivity contribution in [3.63, 3.8) is 0 Å². The number of benzene rings is 1. The first-order chi connectivity index (χ1) is 7.66. The van der Waals surface area contributed by atoms with Gasteiger partial charge in [0.05, 0.1) is 6.04 Å². The van der Waals surface area contributed by atoms with E-state index < -0.39 is 6.17 Å². The summed E-state index contributed by atoms with van der Waals surface area (Å²) >= 11 is 0. The number of aryl methyl sites for hydroxylation is 2. The van der Waals surface area contributed by atoms with Gasteiger partial charge in [0.25, 0.3) is 0 Å². The molecule has 1 aromatic carbocycles. The lowest BCUT2D eigenvalue weighted by Gasteiger charge is -2.27. The Hall–Kier alpha value is -1.05. The van der Waals surface area contributed by atoms with Crippen LogP contribution < -0.4 is 5.32 Å². The Morgan fingerprint density at radius 1 is 1.12 bits per heavy atom. The van der Waals surface area contributed by atoms with Crippen molar-refractivity contribution in [3.05, 3.63) is 29.3 Å². The molecule has 2 rings (SSSR count). The number of hydrogen-bond donors (Lipinski definition) is 1.